The monoisotopic (exact) mass is 297 g/mol. The van der Waals surface area contributed by atoms with Gasteiger partial charge in [-0.2, -0.15) is 0 Å². The van der Waals surface area contributed by atoms with Crippen LogP contribution in [0.25, 0.3) is 0 Å². The van der Waals surface area contributed by atoms with Crippen LogP contribution in [-0.4, -0.2) is 56.8 Å². The van der Waals surface area contributed by atoms with Gasteiger partial charge in [-0.05, 0) is 45.3 Å². The summed E-state index contributed by atoms with van der Waals surface area (Å²) in [5.41, 5.74) is 0.612. The fourth-order valence-electron chi connectivity index (χ4n) is 2.33. The predicted octanol–water partition coefficient (Wildman–Crippen LogP) is 0.995. The van der Waals surface area contributed by atoms with Crippen molar-refractivity contribution in [3.05, 3.63) is 29.8 Å². The Morgan fingerprint density at radius 2 is 1.80 bits per heavy atom. The summed E-state index contributed by atoms with van der Waals surface area (Å²) in [6.07, 6.45) is -0.377. The third-order valence-electron chi connectivity index (χ3n) is 3.48. The molecule has 0 bridgehead atoms. The maximum absolute atomic E-state index is 11.7. The van der Waals surface area contributed by atoms with Crippen molar-refractivity contribution in [1.29, 1.82) is 0 Å². The molecule has 0 radical (unpaired) electrons. The molecule has 2 rings (SSSR count). The Labute approximate surface area is 119 Å². The maximum Gasteiger partial charge on any atom is 0.159 e. The van der Waals surface area contributed by atoms with Crippen LogP contribution >= 0.6 is 0 Å². The quantitative estimate of drug-likeness (QED) is 0.776. The summed E-state index contributed by atoms with van der Waals surface area (Å²) in [5.74, 6) is 0.732. The molecule has 0 aromatic heterocycles. The first-order chi connectivity index (χ1) is 9.28. The molecule has 1 aliphatic rings. The normalized spacial score (nSPS) is 24.8. The average molecular weight is 297 g/mol. The van der Waals surface area contributed by atoms with E-state index in [2.05, 4.69) is 0 Å². The average Bonchev–Trinajstić information content (AvgIpc) is 2.65. The van der Waals surface area contributed by atoms with Crippen molar-refractivity contribution in [2.75, 3.05) is 25.6 Å². The van der Waals surface area contributed by atoms with E-state index in [1.165, 1.54) is 6.92 Å². The Balaban J connectivity index is 2.14. The third kappa shape index (κ3) is 3.37. The Morgan fingerprint density at radius 1 is 1.20 bits per heavy atom. The summed E-state index contributed by atoms with van der Waals surface area (Å²) in [6.45, 7) is 1.50. The SMILES string of the molecule is CC(=O)c1ccc(OC2CS(=O)(=O)CC2N(C)C)cc1. The molecule has 110 valence electrons. The summed E-state index contributed by atoms with van der Waals surface area (Å²) in [5, 5.41) is 0. The van der Waals surface area contributed by atoms with Crippen molar-refractivity contribution >= 4 is 15.6 Å². The molecule has 5 nitrogen and oxygen atoms in total. The molecular weight excluding hydrogens is 278 g/mol. The number of hydrogen-bond acceptors (Lipinski definition) is 5. The molecule has 0 saturated carbocycles. The molecule has 2 unspecified atom stereocenters. The van der Waals surface area contributed by atoms with Gasteiger partial charge in [0.2, 0.25) is 0 Å². The second-order valence-electron chi connectivity index (χ2n) is 5.34. The topological polar surface area (TPSA) is 63.7 Å². The Hall–Kier alpha value is -1.40. The number of sulfone groups is 1. The van der Waals surface area contributed by atoms with Crippen LogP contribution in [0.4, 0.5) is 0 Å². The van der Waals surface area contributed by atoms with E-state index in [1.54, 1.807) is 24.3 Å². The molecule has 1 aromatic rings. The molecule has 1 heterocycles. The molecule has 1 aliphatic heterocycles. The lowest BCUT2D eigenvalue weighted by molar-refractivity contribution is 0.101. The number of ketones is 1. The van der Waals surface area contributed by atoms with E-state index in [9.17, 15) is 13.2 Å². The zero-order chi connectivity index (χ0) is 14.9. The van der Waals surface area contributed by atoms with Gasteiger partial charge in [0.05, 0.1) is 17.5 Å². The number of carbonyl (C=O) groups excluding carboxylic acids is 1. The molecule has 1 aromatic carbocycles. The second-order valence-corrected chi connectivity index (χ2v) is 7.50. The molecule has 0 spiro atoms. The largest absolute Gasteiger partial charge is 0.488 e. The van der Waals surface area contributed by atoms with Crippen molar-refractivity contribution in [3.63, 3.8) is 0 Å². The molecule has 0 amide bonds. The van der Waals surface area contributed by atoms with Gasteiger partial charge in [-0.25, -0.2) is 8.42 Å². The number of likely N-dealkylation sites (N-methyl/N-ethyl adjacent to an activating group) is 1. The minimum atomic E-state index is -3.05. The number of nitrogens with zero attached hydrogens (tertiary/aromatic N) is 1. The van der Waals surface area contributed by atoms with Crippen molar-refractivity contribution in [3.8, 4) is 5.75 Å². The summed E-state index contributed by atoms with van der Waals surface area (Å²) in [4.78, 5) is 13.1. The highest BCUT2D eigenvalue weighted by atomic mass is 32.2. The standard InChI is InChI=1S/C14H19NO4S/c1-10(16)11-4-6-12(7-5-11)19-14-9-20(17,18)8-13(14)15(2)3/h4-7,13-14H,8-9H2,1-3H3. The van der Waals surface area contributed by atoms with E-state index in [0.717, 1.165) is 0 Å². The van der Waals surface area contributed by atoms with E-state index in [-0.39, 0.29) is 29.4 Å². The Morgan fingerprint density at radius 3 is 2.30 bits per heavy atom. The fraction of sp³-hybridized carbons (Fsp3) is 0.500. The minimum absolute atomic E-state index is 0.00818. The number of benzene rings is 1. The number of carbonyl (C=O) groups is 1. The summed E-state index contributed by atoms with van der Waals surface area (Å²) >= 11 is 0. The van der Waals surface area contributed by atoms with Crippen molar-refractivity contribution in [2.24, 2.45) is 0 Å². The van der Waals surface area contributed by atoms with Crippen LogP contribution in [-0.2, 0) is 9.84 Å². The number of rotatable bonds is 4. The van der Waals surface area contributed by atoms with Crippen LogP contribution in [0.1, 0.15) is 17.3 Å². The van der Waals surface area contributed by atoms with Crippen LogP contribution in [0, 0.1) is 0 Å². The van der Waals surface area contributed by atoms with Gasteiger partial charge in [-0.15, -0.1) is 0 Å². The Kier molecular flexibility index (Phi) is 4.15. The first kappa shape index (κ1) is 15.0. The molecule has 2 atom stereocenters. The molecule has 1 fully saturated rings. The highest BCUT2D eigenvalue weighted by molar-refractivity contribution is 7.91. The van der Waals surface area contributed by atoms with Crippen LogP contribution in [0.3, 0.4) is 0 Å². The maximum atomic E-state index is 11.7. The number of ether oxygens (including phenoxy) is 1. The summed E-state index contributed by atoms with van der Waals surface area (Å²) in [7, 11) is 0.644. The van der Waals surface area contributed by atoms with Gasteiger partial charge in [0.1, 0.15) is 11.9 Å². The lowest BCUT2D eigenvalue weighted by atomic mass is 10.1. The van der Waals surface area contributed by atoms with Gasteiger partial charge >= 0.3 is 0 Å². The smallest absolute Gasteiger partial charge is 0.159 e. The fourth-order valence-corrected chi connectivity index (χ4v) is 4.29. The lowest BCUT2D eigenvalue weighted by Gasteiger charge is -2.25. The van der Waals surface area contributed by atoms with Gasteiger partial charge in [-0.3, -0.25) is 4.79 Å². The van der Waals surface area contributed by atoms with Gasteiger partial charge in [0.25, 0.3) is 0 Å². The summed E-state index contributed by atoms with van der Waals surface area (Å²) in [6, 6.07) is 6.63. The zero-order valence-corrected chi connectivity index (χ0v) is 12.7. The predicted molar refractivity (Wildman–Crippen MR) is 77.0 cm³/mol. The van der Waals surface area contributed by atoms with E-state index >= 15 is 0 Å². The van der Waals surface area contributed by atoms with E-state index < -0.39 is 9.84 Å². The third-order valence-corrected chi connectivity index (χ3v) is 5.17. The molecule has 20 heavy (non-hydrogen) atoms. The zero-order valence-electron chi connectivity index (χ0n) is 11.9. The molecule has 0 N–H and O–H groups in total. The van der Waals surface area contributed by atoms with Crippen LogP contribution in [0.2, 0.25) is 0 Å². The molecule has 0 aliphatic carbocycles. The highest BCUT2D eigenvalue weighted by Gasteiger charge is 2.40. The number of hydrogen-bond donors (Lipinski definition) is 0. The van der Waals surface area contributed by atoms with Gasteiger partial charge in [-0.1, -0.05) is 0 Å². The van der Waals surface area contributed by atoms with E-state index in [1.807, 2.05) is 19.0 Å². The van der Waals surface area contributed by atoms with E-state index in [4.69, 9.17) is 4.74 Å². The molecule has 6 heteroatoms. The van der Waals surface area contributed by atoms with Gasteiger partial charge < -0.3 is 9.64 Å². The second kappa shape index (κ2) is 5.54. The highest BCUT2D eigenvalue weighted by Crippen LogP contribution is 2.23. The van der Waals surface area contributed by atoms with Crippen LogP contribution in [0.5, 0.6) is 5.75 Å². The van der Waals surface area contributed by atoms with Crippen molar-refractivity contribution < 1.29 is 17.9 Å². The van der Waals surface area contributed by atoms with Crippen molar-refractivity contribution in [1.82, 2.24) is 4.90 Å². The first-order valence-electron chi connectivity index (χ1n) is 6.43. The molecule has 1 saturated heterocycles. The molecular formula is C14H19NO4S. The van der Waals surface area contributed by atoms with Gasteiger partial charge in [0.15, 0.2) is 15.6 Å². The van der Waals surface area contributed by atoms with Crippen molar-refractivity contribution in [2.45, 2.75) is 19.1 Å². The van der Waals surface area contributed by atoms with Gasteiger partial charge in [0, 0.05) is 5.56 Å². The minimum Gasteiger partial charge on any atom is -0.488 e. The lowest BCUT2D eigenvalue weighted by Crippen LogP contribution is -2.41. The summed E-state index contributed by atoms with van der Waals surface area (Å²) < 4.78 is 29.3. The Bertz CT molecular complexity index is 592. The van der Waals surface area contributed by atoms with Crippen LogP contribution in [0.15, 0.2) is 24.3 Å². The first-order valence-corrected chi connectivity index (χ1v) is 8.25. The van der Waals surface area contributed by atoms with Crippen LogP contribution < -0.4 is 4.74 Å². The number of Topliss-reactive ketones (excluding diaryl/α,β-unsaturated/α-hetero) is 1. The van der Waals surface area contributed by atoms with E-state index in [0.29, 0.717) is 11.3 Å².